The Morgan fingerprint density at radius 2 is 1.95 bits per heavy atom. The number of hydrogen-bond acceptors (Lipinski definition) is 4. The van der Waals surface area contributed by atoms with Gasteiger partial charge in [-0.05, 0) is 36.7 Å². The molecule has 1 aromatic heterocycles. The molecule has 0 radical (unpaired) electrons. The van der Waals surface area contributed by atoms with Crippen LogP contribution in [0.25, 0.3) is 0 Å². The molecule has 4 nitrogen and oxygen atoms in total. The second-order valence-electron chi connectivity index (χ2n) is 6.08. The number of anilines is 1. The van der Waals surface area contributed by atoms with Crippen LogP contribution >= 0.6 is 0 Å². The van der Waals surface area contributed by atoms with Crippen LogP contribution in [0.2, 0.25) is 0 Å². The lowest BCUT2D eigenvalue weighted by atomic mass is 9.95. The SMILES string of the molecule is CCc1nnc(N2CCC(C(C)C)C2)c(CN)c1CC. The molecule has 1 unspecified atom stereocenters. The smallest absolute Gasteiger partial charge is 0.156 e. The van der Waals surface area contributed by atoms with Gasteiger partial charge in [0.15, 0.2) is 5.82 Å². The van der Waals surface area contributed by atoms with E-state index in [9.17, 15) is 0 Å². The van der Waals surface area contributed by atoms with Gasteiger partial charge in [-0.25, -0.2) is 0 Å². The molecular formula is C16H28N4. The van der Waals surface area contributed by atoms with E-state index in [4.69, 9.17) is 5.73 Å². The Labute approximate surface area is 122 Å². The van der Waals surface area contributed by atoms with E-state index in [-0.39, 0.29) is 0 Å². The Hall–Kier alpha value is -1.16. The van der Waals surface area contributed by atoms with E-state index in [2.05, 4.69) is 42.8 Å². The van der Waals surface area contributed by atoms with Crippen molar-refractivity contribution in [3.63, 3.8) is 0 Å². The van der Waals surface area contributed by atoms with E-state index in [1.807, 2.05) is 0 Å². The molecule has 1 aliphatic rings. The summed E-state index contributed by atoms with van der Waals surface area (Å²) in [5, 5.41) is 8.94. The standard InChI is InChI=1S/C16H28N4/c1-5-13-14(9-17)16(19-18-15(13)6-2)20-8-7-12(10-20)11(3)4/h11-12H,5-10,17H2,1-4H3. The first-order chi connectivity index (χ1) is 9.62. The molecule has 20 heavy (non-hydrogen) atoms. The molecule has 1 atom stereocenters. The maximum Gasteiger partial charge on any atom is 0.156 e. The Morgan fingerprint density at radius 3 is 2.45 bits per heavy atom. The van der Waals surface area contributed by atoms with Crippen molar-refractivity contribution in [2.45, 2.75) is 53.5 Å². The quantitative estimate of drug-likeness (QED) is 0.898. The Kier molecular flexibility index (Phi) is 4.97. The summed E-state index contributed by atoms with van der Waals surface area (Å²) in [6, 6.07) is 0. The zero-order valence-electron chi connectivity index (χ0n) is 13.3. The molecule has 0 bridgehead atoms. The van der Waals surface area contributed by atoms with E-state index in [0.29, 0.717) is 6.54 Å². The van der Waals surface area contributed by atoms with Crippen molar-refractivity contribution in [1.29, 1.82) is 0 Å². The van der Waals surface area contributed by atoms with Gasteiger partial charge in [0.05, 0.1) is 5.69 Å². The molecule has 1 saturated heterocycles. The normalized spacial score (nSPS) is 19.1. The van der Waals surface area contributed by atoms with E-state index < -0.39 is 0 Å². The van der Waals surface area contributed by atoms with Gasteiger partial charge in [-0.15, -0.1) is 5.10 Å². The first kappa shape index (κ1) is 15.2. The third kappa shape index (κ3) is 2.80. The van der Waals surface area contributed by atoms with Gasteiger partial charge >= 0.3 is 0 Å². The van der Waals surface area contributed by atoms with Gasteiger partial charge in [-0.1, -0.05) is 27.7 Å². The Morgan fingerprint density at radius 1 is 1.20 bits per heavy atom. The number of nitrogens with zero attached hydrogens (tertiary/aromatic N) is 3. The summed E-state index contributed by atoms with van der Waals surface area (Å²) in [6.45, 7) is 11.7. The molecule has 1 aliphatic heterocycles. The predicted molar refractivity (Wildman–Crippen MR) is 83.8 cm³/mol. The highest BCUT2D eigenvalue weighted by atomic mass is 15.3. The van der Waals surface area contributed by atoms with Crippen LogP contribution in [0.5, 0.6) is 0 Å². The molecule has 2 N–H and O–H groups in total. The van der Waals surface area contributed by atoms with Crippen LogP contribution in [0.15, 0.2) is 0 Å². The first-order valence-corrected chi connectivity index (χ1v) is 7.94. The molecule has 112 valence electrons. The lowest BCUT2D eigenvalue weighted by molar-refractivity contribution is 0.422. The van der Waals surface area contributed by atoms with Gasteiger partial charge in [0.2, 0.25) is 0 Å². The highest BCUT2D eigenvalue weighted by molar-refractivity contribution is 5.52. The summed E-state index contributed by atoms with van der Waals surface area (Å²) < 4.78 is 0. The van der Waals surface area contributed by atoms with Gasteiger partial charge in [-0.3, -0.25) is 0 Å². The second-order valence-corrected chi connectivity index (χ2v) is 6.08. The largest absolute Gasteiger partial charge is 0.355 e. The van der Waals surface area contributed by atoms with Crippen molar-refractivity contribution in [1.82, 2.24) is 10.2 Å². The van der Waals surface area contributed by atoms with Crippen LogP contribution in [0.1, 0.15) is 50.9 Å². The van der Waals surface area contributed by atoms with Gasteiger partial charge in [0.1, 0.15) is 0 Å². The van der Waals surface area contributed by atoms with Crippen molar-refractivity contribution < 1.29 is 0 Å². The van der Waals surface area contributed by atoms with Gasteiger partial charge in [0.25, 0.3) is 0 Å². The minimum absolute atomic E-state index is 0.559. The van der Waals surface area contributed by atoms with Crippen LogP contribution in [0, 0.1) is 11.8 Å². The summed E-state index contributed by atoms with van der Waals surface area (Å²) in [5.74, 6) is 2.53. The van der Waals surface area contributed by atoms with Gasteiger partial charge in [0, 0.05) is 25.2 Å². The number of aryl methyl sites for hydroxylation is 1. The number of hydrogen-bond donors (Lipinski definition) is 1. The molecule has 4 heteroatoms. The van der Waals surface area contributed by atoms with E-state index in [1.54, 1.807) is 0 Å². The lowest BCUT2D eigenvalue weighted by Crippen LogP contribution is -2.26. The number of nitrogens with two attached hydrogens (primary N) is 1. The minimum atomic E-state index is 0.559. The van der Waals surface area contributed by atoms with Crippen molar-refractivity contribution in [3.05, 3.63) is 16.8 Å². The molecule has 0 spiro atoms. The fraction of sp³-hybridized carbons (Fsp3) is 0.750. The maximum atomic E-state index is 6.02. The summed E-state index contributed by atoms with van der Waals surface area (Å²) >= 11 is 0. The third-order valence-corrected chi connectivity index (χ3v) is 4.61. The summed E-state index contributed by atoms with van der Waals surface area (Å²) in [7, 11) is 0. The third-order valence-electron chi connectivity index (χ3n) is 4.61. The average Bonchev–Trinajstić information content (AvgIpc) is 2.95. The minimum Gasteiger partial charge on any atom is -0.355 e. The van der Waals surface area contributed by atoms with Crippen LogP contribution < -0.4 is 10.6 Å². The molecular weight excluding hydrogens is 248 g/mol. The Bertz CT molecular complexity index is 456. The molecule has 1 aromatic rings. The molecule has 0 aromatic carbocycles. The van der Waals surface area contributed by atoms with Crippen molar-refractivity contribution in [2.24, 2.45) is 17.6 Å². The van der Waals surface area contributed by atoms with Crippen LogP contribution in [-0.4, -0.2) is 23.3 Å². The zero-order valence-corrected chi connectivity index (χ0v) is 13.3. The van der Waals surface area contributed by atoms with Crippen molar-refractivity contribution >= 4 is 5.82 Å². The lowest BCUT2D eigenvalue weighted by Gasteiger charge is -2.23. The fourth-order valence-corrected chi connectivity index (χ4v) is 3.23. The average molecular weight is 276 g/mol. The summed E-state index contributed by atoms with van der Waals surface area (Å²) in [5.41, 5.74) is 9.65. The topological polar surface area (TPSA) is 55.0 Å². The molecule has 2 heterocycles. The first-order valence-electron chi connectivity index (χ1n) is 7.94. The highest BCUT2D eigenvalue weighted by Gasteiger charge is 2.28. The number of rotatable bonds is 5. The molecule has 0 saturated carbocycles. The fourth-order valence-electron chi connectivity index (χ4n) is 3.23. The summed E-state index contributed by atoms with van der Waals surface area (Å²) in [4.78, 5) is 2.39. The monoisotopic (exact) mass is 276 g/mol. The van der Waals surface area contributed by atoms with E-state index >= 15 is 0 Å². The second kappa shape index (κ2) is 6.53. The van der Waals surface area contributed by atoms with Crippen molar-refractivity contribution in [3.8, 4) is 0 Å². The predicted octanol–water partition coefficient (Wildman–Crippen LogP) is 2.54. The van der Waals surface area contributed by atoms with Crippen LogP contribution in [0.3, 0.4) is 0 Å². The summed E-state index contributed by atoms with van der Waals surface area (Å²) in [6.07, 6.45) is 3.16. The Balaban J connectivity index is 2.33. The van der Waals surface area contributed by atoms with Crippen LogP contribution in [-0.2, 0) is 19.4 Å². The van der Waals surface area contributed by atoms with Crippen LogP contribution in [0.4, 0.5) is 5.82 Å². The molecule has 0 amide bonds. The number of aromatic nitrogens is 2. The van der Waals surface area contributed by atoms with Gasteiger partial charge in [-0.2, -0.15) is 5.10 Å². The van der Waals surface area contributed by atoms with Crippen molar-refractivity contribution in [2.75, 3.05) is 18.0 Å². The maximum absolute atomic E-state index is 6.02. The van der Waals surface area contributed by atoms with E-state index in [0.717, 1.165) is 49.3 Å². The molecule has 2 rings (SSSR count). The van der Waals surface area contributed by atoms with Gasteiger partial charge < -0.3 is 10.6 Å². The highest BCUT2D eigenvalue weighted by Crippen LogP contribution is 2.30. The van der Waals surface area contributed by atoms with E-state index in [1.165, 1.54) is 17.5 Å². The molecule has 1 fully saturated rings. The zero-order chi connectivity index (χ0) is 14.7. The molecule has 0 aliphatic carbocycles.